The summed E-state index contributed by atoms with van der Waals surface area (Å²) < 4.78 is 0. The van der Waals surface area contributed by atoms with Crippen molar-refractivity contribution in [1.29, 1.82) is 0 Å². The normalized spacial score (nSPS) is 18.3. The number of halogens is 1. The molecule has 1 aromatic carbocycles. The fourth-order valence-electron chi connectivity index (χ4n) is 3.93. The molecule has 0 atom stereocenters. The van der Waals surface area contributed by atoms with Gasteiger partial charge in [-0.3, -0.25) is 9.59 Å². The first kappa shape index (κ1) is 20.6. The standard InChI is InChI=1S/C20H29N3O2.ClH/c21-18-8-6-17(7-9-18)15-20(25)23-11-3-10-22(12-13-23)19(24)14-16-4-1-2-5-16;/h6-9,16H,1-5,10-15,21H2;1H. The van der Waals surface area contributed by atoms with Gasteiger partial charge in [0.25, 0.3) is 0 Å². The van der Waals surface area contributed by atoms with Gasteiger partial charge in [0.2, 0.25) is 11.8 Å². The first-order valence-electron chi connectivity index (χ1n) is 9.52. The van der Waals surface area contributed by atoms with Crippen LogP contribution in [0.5, 0.6) is 0 Å². The fourth-order valence-corrected chi connectivity index (χ4v) is 3.93. The Morgan fingerprint density at radius 3 is 2.08 bits per heavy atom. The lowest BCUT2D eigenvalue weighted by atomic mass is 10.0. The van der Waals surface area contributed by atoms with E-state index in [2.05, 4.69) is 0 Å². The number of carbonyl (C=O) groups excluding carboxylic acids is 2. The van der Waals surface area contributed by atoms with Gasteiger partial charge < -0.3 is 15.5 Å². The first-order valence-corrected chi connectivity index (χ1v) is 9.52. The highest BCUT2D eigenvalue weighted by Crippen LogP contribution is 2.28. The molecule has 144 valence electrons. The van der Waals surface area contributed by atoms with E-state index in [0.717, 1.165) is 25.1 Å². The van der Waals surface area contributed by atoms with Crippen molar-refractivity contribution < 1.29 is 9.59 Å². The van der Waals surface area contributed by atoms with E-state index in [1.54, 1.807) is 0 Å². The number of amides is 2. The quantitative estimate of drug-likeness (QED) is 0.818. The molecule has 1 aromatic rings. The zero-order chi connectivity index (χ0) is 17.6. The molecule has 1 saturated heterocycles. The number of hydrogen-bond acceptors (Lipinski definition) is 3. The van der Waals surface area contributed by atoms with Crippen LogP contribution in [0.2, 0.25) is 0 Å². The van der Waals surface area contributed by atoms with Crippen LogP contribution in [0.3, 0.4) is 0 Å². The molecule has 1 aliphatic carbocycles. The van der Waals surface area contributed by atoms with Crippen LogP contribution in [0, 0.1) is 5.92 Å². The van der Waals surface area contributed by atoms with Gasteiger partial charge in [-0.1, -0.05) is 25.0 Å². The van der Waals surface area contributed by atoms with Crippen molar-refractivity contribution in [3.8, 4) is 0 Å². The van der Waals surface area contributed by atoms with Gasteiger partial charge in [0, 0.05) is 38.3 Å². The molecule has 0 unspecified atom stereocenters. The zero-order valence-corrected chi connectivity index (χ0v) is 16.2. The largest absolute Gasteiger partial charge is 0.399 e. The van der Waals surface area contributed by atoms with Gasteiger partial charge >= 0.3 is 0 Å². The Morgan fingerprint density at radius 2 is 1.46 bits per heavy atom. The summed E-state index contributed by atoms with van der Waals surface area (Å²) in [6.45, 7) is 2.82. The first-order chi connectivity index (χ1) is 12.1. The minimum Gasteiger partial charge on any atom is -0.399 e. The molecular weight excluding hydrogens is 350 g/mol. The van der Waals surface area contributed by atoms with Gasteiger partial charge in [-0.25, -0.2) is 0 Å². The van der Waals surface area contributed by atoms with E-state index in [0.29, 0.717) is 37.5 Å². The lowest BCUT2D eigenvalue weighted by molar-refractivity contribution is -0.133. The molecule has 0 aromatic heterocycles. The summed E-state index contributed by atoms with van der Waals surface area (Å²) in [4.78, 5) is 28.9. The molecule has 26 heavy (non-hydrogen) atoms. The number of nitrogens with two attached hydrogens (primary N) is 1. The van der Waals surface area contributed by atoms with Crippen LogP contribution in [0.15, 0.2) is 24.3 Å². The second kappa shape index (κ2) is 9.81. The summed E-state index contributed by atoms with van der Waals surface area (Å²) in [5, 5.41) is 0. The Kier molecular flexibility index (Phi) is 7.76. The Balaban J connectivity index is 0.00000243. The number of nitrogens with zero attached hydrogens (tertiary/aromatic N) is 2. The van der Waals surface area contributed by atoms with Gasteiger partial charge in [0.05, 0.1) is 6.42 Å². The number of anilines is 1. The van der Waals surface area contributed by atoms with Crippen LogP contribution in [0.1, 0.15) is 44.1 Å². The predicted octanol–water partition coefficient (Wildman–Crippen LogP) is 2.87. The molecule has 6 heteroatoms. The number of carbonyl (C=O) groups is 2. The van der Waals surface area contributed by atoms with Crippen molar-refractivity contribution in [2.75, 3.05) is 31.9 Å². The molecule has 2 N–H and O–H groups in total. The van der Waals surface area contributed by atoms with Gasteiger partial charge in [0.1, 0.15) is 0 Å². The van der Waals surface area contributed by atoms with E-state index in [1.165, 1.54) is 25.7 Å². The number of nitrogen functional groups attached to an aromatic ring is 1. The highest BCUT2D eigenvalue weighted by atomic mass is 35.5. The van der Waals surface area contributed by atoms with Gasteiger partial charge in [-0.05, 0) is 42.9 Å². The molecule has 5 nitrogen and oxygen atoms in total. The number of hydrogen-bond donors (Lipinski definition) is 1. The summed E-state index contributed by atoms with van der Waals surface area (Å²) >= 11 is 0. The maximum Gasteiger partial charge on any atom is 0.227 e. The second-order valence-electron chi connectivity index (χ2n) is 7.39. The molecule has 0 radical (unpaired) electrons. The number of rotatable bonds is 4. The minimum atomic E-state index is 0. The maximum absolute atomic E-state index is 12.6. The third-order valence-corrected chi connectivity index (χ3v) is 5.47. The highest BCUT2D eigenvalue weighted by molar-refractivity contribution is 5.85. The maximum atomic E-state index is 12.6. The van der Waals surface area contributed by atoms with Crippen molar-refractivity contribution >= 4 is 29.9 Å². The Labute approximate surface area is 162 Å². The molecule has 1 saturated carbocycles. The van der Waals surface area contributed by atoms with Crippen LogP contribution in [-0.2, 0) is 16.0 Å². The molecule has 1 heterocycles. The van der Waals surface area contributed by atoms with Crippen LogP contribution in [0.4, 0.5) is 5.69 Å². The molecule has 0 bridgehead atoms. The summed E-state index contributed by atoms with van der Waals surface area (Å²) in [5.74, 6) is 0.994. The van der Waals surface area contributed by atoms with E-state index in [-0.39, 0.29) is 24.2 Å². The van der Waals surface area contributed by atoms with E-state index in [4.69, 9.17) is 5.73 Å². The second-order valence-corrected chi connectivity index (χ2v) is 7.39. The van der Waals surface area contributed by atoms with Crippen molar-refractivity contribution in [1.82, 2.24) is 9.80 Å². The molecular formula is C20H30ClN3O2. The SMILES string of the molecule is Cl.Nc1ccc(CC(=O)N2CCCN(C(=O)CC3CCCC3)CC2)cc1. The molecule has 0 spiro atoms. The molecule has 3 rings (SSSR count). The summed E-state index contributed by atoms with van der Waals surface area (Å²) in [6.07, 6.45) is 6.90. The fraction of sp³-hybridized carbons (Fsp3) is 0.600. The zero-order valence-electron chi connectivity index (χ0n) is 15.4. The molecule has 2 aliphatic rings. The van der Waals surface area contributed by atoms with Gasteiger partial charge in [0.15, 0.2) is 0 Å². The van der Waals surface area contributed by atoms with Crippen LogP contribution >= 0.6 is 12.4 Å². The molecule has 2 fully saturated rings. The van der Waals surface area contributed by atoms with Crippen LogP contribution < -0.4 is 5.73 Å². The summed E-state index contributed by atoms with van der Waals surface area (Å²) in [6, 6.07) is 7.47. The highest BCUT2D eigenvalue weighted by Gasteiger charge is 2.25. The van der Waals surface area contributed by atoms with E-state index < -0.39 is 0 Å². The lowest BCUT2D eigenvalue weighted by Gasteiger charge is -2.23. The van der Waals surface area contributed by atoms with Gasteiger partial charge in [-0.15, -0.1) is 12.4 Å². The Morgan fingerprint density at radius 1 is 0.885 bits per heavy atom. The van der Waals surface area contributed by atoms with Crippen molar-refractivity contribution in [2.45, 2.75) is 44.9 Å². The van der Waals surface area contributed by atoms with Crippen molar-refractivity contribution in [3.05, 3.63) is 29.8 Å². The van der Waals surface area contributed by atoms with E-state index in [1.807, 2.05) is 34.1 Å². The summed E-state index contributed by atoms with van der Waals surface area (Å²) in [5.41, 5.74) is 7.38. The average molecular weight is 380 g/mol. The topological polar surface area (TPSA) is 66.6 Å². The van der Waals surface area contributed by atoms with E-state index in [9.17, 15) is 9.59 Å². The van der Waals surface area contributed by atoms with Gasteiger partial charge in [-0.2, -0.15) is 0 Å². The average Bonchev–Trinajstić information content (AvgIpc) is 2.98. The monoisotopic (exact) mass is 379 g/mol. The molecule has 2 amide bonds. The van der Waals surface area contributed by atoms with Crippen molar-refractivity contribution in [3.63, 3.8) is 0 Å². The van der Waals surface area contributed by atoms with Crippen molar-refractivity contribution in [2.24, 2.45) is 5.92 Å². The molecule has 1 aliphatic heterocycles. The van der Waals surface area contributed by atoms with E-state index >= 15 is 0 Å². The minimum absolute atomic E-state index is 0. The Hall–Kier alpha value is -1.75. The predicted molar refractivity (Wildman–Crippen MR) is 106 cm³/mol. The lowest BCUT2D eigenvalue weighted by Crippen LogP contribution is -2.38. The third-order valence-electron chi connectivity index (χ3n) is 5.47. The number of benzene rings is 1. The summed E-state index contributed by atoms with van der Waals surface area (Å²) in [7, 11) is 0. The smallest absolute Gasteiger partial charge is 0.227 e. The van der Waals surface area contributed by atoms with Crippen LogP contribution in [-0.4, -0.2) is 47.8 Å². The Bertz CT molecular complexity index is 600. The van der Waals surface area contributed by atoms with Crippen LogP contribution in [0.25, 0.3) is 0 Å². The third kappa shape index (κ3) is 5.63.